The summed E-state index contributed by atoms with van der Waals surface area (Å²) in [6.07, 6.45) is 3.88. The van der Waals surface area contributed by atoms with Gasteiger partial charge >= 0.3 is 0 Å². The van der Waals surface area contributed by atoms with E-state index in [2.05, 4.69) is 10.2 Å². The lowest BCUT2D eigenvalue weighted by Crippen LogP contribution is -2.46. The highest BCUT2D eigenvalue weighted by Crippen LogP contribution is 2.20. The molecule has 0 saturated carbocycles. The third-order valence-electron chi connectivity index (χ3n) is 3.95. The lowest BCUT2D eigenvalue weighted by atomic mass is 10.0. The lowest BCUT2D eigenvalue weighted by molar-refractivity contribution is -0.121. The maximum Gasteiger partial charge on any atom is 0.221 e. The van der Waals surface area contributed by atoms with Gasteiger partial charge in [0.05, 0.1) is 0 Å². The first-order chi connectivity index (χ1) is 10.2. The Hall–Kier alpha value is -1.30. The fraction of sp³-hybridized carbons (Fsp3) is 0.562. The number of likely N-dealkylation sites (tertiary alicyclic amines) is 1. The smallest absolute Gasteiger partial charge is 0.221 e. The summed E-state index contributed by atoms with van der Waals surface area (Å²) in [5.41, 5.74) is 6.49. The largest absolute Gasteiger partial charge is 0.508 e. The fourth-order valence-electron chi connectivity index (χ4n) is 2.84. The first kappa shape index (κ1) is 18.7. The summed E-state index contributed by atoms with van der Waals surface area (Å²) in [6.45, 7) is 2.92. The van der Waals surface area contributed by atoms with Crippen molar-refractivity contribution in [2.75, 3.05) is 19.6 Å². The Labute approximate surface area is 138 Å². The summed E-state index contributed by atoms with van der Waals surface area (Å²) in [5.74, 6) is 0.331. The Bertz CT molecular complexity index is 470. The van der Waals surface area contributed by atoms with Crippen molar-refractivity contribution in [3.05, 3.63) is 29.8 Å². The van der Waals surface area contributed by atoms with Crippen molar-refractivity contribution in [1.29, 1.82) is 0 Å². The van der Waals surface area contributed by atoms with Crippen LogP contribution in [0.25, 0.3) is 0 Å². The van der Waals surface area contributed by atoms with E-state index < -0.39 is 0 Å². The van der Waals surface area contributed by atoms with E-state index in [4.69, 9.17) is 5.73 Å². The topological polar surface area (TPSA) is 78.6 Å². The van der Waals surface area contributed by atoms with E-state index in [-0.39, 0.29) is 18.3 Å². The minimum absolute atomic E-state index is 0. The zero-order valence-corrected chi connectivity index (χ0v) is 13.6. The Morgan fingerprint density at radius 2 is 2.23 bits per heavy atom. The third-order valence-corrected chi connectivity index (χ3v) is 3.95. The number of nitrogens with one attached hydrogen (secondary N) is 1. The van der Waals surface area contributed by atoms with Crippen molar-refractivity contribution in [2.24, 2.45) is 5.73 Å². The fourth-order valence-corrected chi connectivity index (χ4v) is 2.84. The summed E-state index contributed by atoms with van der Waals surface area (Å²) in [6, 6.07) is 7.75. The molecule has 1 aromatic carbocycles. The Kier molecular flexibility index (Phi) is 8.24. The van der Waals surface area contributed by atoms with E-state index in [1.54, 1.807) is 12.1 Å². The van der Waals surface area contributed by atoms with E-state index in [0.717, 1.165) is 25.1 Å². The molecule has 1 aliphatic heterocycles. The van der Waals surface area contributed by atoms with Crippen molar-refractivity contribution < 1.29 is 9.90 Å². The molecule has 0 aromatic heterocycles. The number of nitrogens with two attached hydrogens (primary N) is 1. The molecule has 1 unspecified atom stereocenters. The van der Waals surface area contributed by atoms with Gasteiger partial charge in [0.1, 0.15) is 5.75 Å². The molecule has 1 heterocycles. The van der Waals surface area contributed by atoms with Gasteiger partial charge in [0, 0.05) is 32.1 Å². The minimum Gasteiger partial charge on any atom is -0.508 e. The Balaban J connectivity index is 0.00000242. The normalized spacial score (nSPS) is 18.5. The number of hydrogen-bond acceptors (Lipinski definition) is 4. The number of carbonyl (C=O) groups is 1. The van der Waals surface area contributed by atoms with Crippen LogP contribution in [0.4, 0.5) is 0 Å². The predicted molar refractivity (Wildman–Crippen MR) is 90.1 cm³/mol. The third kappa shape index (κ3) is 5.83. The van der Waals surface area contributed by atoms with E-state index in [9.17, 15) is 9.90 Å². The second-order valence-corrected chi connectivity index (χ2v) is 5.63. The van der Waals surface area contributed by atoms with Crippen molar-refractivity contribution in [3.8, 4) is 5.75 Å². The van der Waals surface area contributed by atoms with Crippen LogP contribution in [0.5, 0.6) is 5.75 Å². The second-order valence-electron chi connectivity index (χ2n) is 5.63. The van der Waals surface area contributed by atoms with Gasteiger partial charge in [-0.25, -0.2) is 0 Å². The monoisotopic (exact) mass is 327 g/mol. The number of phenolic OH excluding ortho intramolecular Hbond substituents is 1. The molecule has 1 aromatic rings. The number of amides is 1. The lowest BCUT2D eigenvalue weighted by Gasteiger charge is -2.36. The van der Waals surface area contributed by atoms with Gasteiger partial charge in [-0.3, -0.25) is 9.69 Å². The maximum absolute atomic E-state index is 11.6. The summed E-state index contributed by atoms with van der Waals surface area (Å²) < 4.78 is 0. The molecule has 1 amide bonds. The molecule has 2 rings (SSSR count). The summed E-state index contributed by atoms with van der Waals surface area (Å²) in [5, 5.41) is 12.5. The molecular formula is C16H26ClN3O2. The van der Waals surface area contributed by atoms with Crippen molar-refractivity contribution in [3.63, 3.8) is 0 Å². The van der Waals surface area contributed by atoms with Crippen molar-refractivity contribution in [2.45, 2.75) is 38.3 Å². The molecule has 22 heavy (non-hydrogen) atoms. The number of rotatable bonds is 6. The van der Waals surface area contributed by atoms with Crippen LogP contribution in [-0.2, 0) is 11.3 Å². The average Bonchev–Trinajstić information content (AvgIpc) is 2.47. The van der Waals surface area contributed by atoms with Gasteiger partial charge < -0.3 is 16.2 Å². The highest BCUT2D eigenvalue weighted by molar-refractivity contribution is 5.85. The van der Waals surface area contributed by atoms with Crippen LogP contribution in [0.3, 0.4) is 0 Å². The van der Waals surface area contributed by atoms with Gasteiger partial charge in [0.25, 0.3) is 0 Å². The highest BCUT2D eigenvalue weighted by Gasteiger charge is 2.22. The molecule has 0 aliphatic carbocycles. The SMILES string of the molecule is Cl.NCCC(=O)NCC1CCCCN1Cc1cccc(O)c1. The van der Waals surface area contributed by atoms with Crippen LogP contribution in [-0.4, -0.2) is 41.6 Å². The van der Waals surface area contributed by atoms with Gasteiger partial charge in [-0.15, -0.1) is 12.4 Å². The van der Waals surface area contributed by atoms with Crippen LogP contribution in [0, 0.1) is 0 Å². The predicted octanol–water partition coefficient (Wildman–Crippen LogP) is 1.63. The molecule has 1 aliphatic rings. The van der Waals surface area contributed by atoms with Gasteiger partial charge in [-0.05, 0) is 37.1 Å². The molecule has 1 fully saturated rings. The number of halogens is 1. The van der Waals surface area contributed by atoms with Crippen molar-refractivity contribution in [1.82, 2.24) is 10.2 Å². The Morgan fingerprint density at radius 1 is 1.41 bits per heavy atom. The van der Waals surface area contributed by atoms with Crippen molar-refractivity contribution >= 4 is 18.3 Å². The zero-order chi connectivity index (χ0) is 15.1. The molecule has 6 heteroatoms. The van der Waals surface area contributed by atoms with Gasteiger partial charge in [0.2, 0.25) is 5.91 Å². The van der Waals surface area contributed by atoms with E-state index in [1.165, 1.54) is 12.8 Å². The first-order valence-corrected chi connectivity index (χ1v) is 7.68. The molecular weight excluding hydrogens is 302 g/mol. The molecule has 124 valence electrons. The standard InChI is InChI=1S/C16H25N3O2.ClH/c17-8-7-16(21)18-11-14-5-1-2-9-19(14)12-13-4-3-6-15(20)10-13;/h3-4,6,10,14,20H,1-2,5,7-9,11-12,17H2,(H,18,21);1H. The second kappa shape index (κ2) is 9.66. The molecule has 0 spiro atoms. The number of piperidine rings is 1. The summed E-state index contributed by atoms with van der Waals surface area (Å²) >= 11 is 0. The zero-order valence-electron chi connectivity index (χ0n) is 12.8. The minimum atomic E-state index is 0. The van der Waals surface area contributed by atoms with Gasteiger partial charge in [-0.1, -0.05) is 18.6 Å². The van der Waals surface area contributed by atoms with Crippen LogP contribution in [0.15, 0.2) is 24.3 Å². The molecule has 1 atom stereocenters. The number of hydrogen-bond donors (Lipinski definition) is 3. The van der Waals surface area contributed by atoms with Gasteiger partial charge in [0.15, 0.2) is 0 Å². The van der Waals surface area contributed by atoms with E-state index in [1.807, 2.05) is 12.1 Å². The highest BCUT2D eigenvalue weighted by atomic mass is 35.5. The van der Waals surface area contributed by atoms with Crippen LogP contribution >= 0.6 is 12.4 Å². The van der Waals surface area contributed by atoms with E-state index in [0.29, 0.717) is 31.3 Å². The number of aromatic hydroxyl groups is 1. The van der Waals surface area contributed by atoms with Crippen LogP contribution in [0.1, 0.15) is 31.2 Å². The first-order valence-electron chi connectivity index (χ1n) is 7.68. The molecule has 0 bridgehead atoms. The average molecular weight is 328 g/mol. The summed E-state index contributed by atoms with van der Waals surface area (Å²) in [4.78, 5) is 13.9. The van der Waals surface area contributed by atoms with E-state index >= 15 is 0 Å². The number of benzene rings is 1. The molecule has 5 nitrogen and oxygen atoms in total. The summed E-state index contributed by atoms with van der Waals surface area (Å²) in [7, 11) is 0. The number of carbonyl (C=O) groups excluding carboxylic acids is 1. The van der Waals surface area contributed by atoms with Crippen LogP contribution < -0.4 is 11.1 Å². The number of nitrogens with zero attached hydrogens (tertiary/aromatic N) is 1. The maximum atomic E-state index is 11.6. The Morgan fingerprint density at radius 3 is 2.95 bits per heavy atom. The van der Waals surface area contributed by atoms with Gasteiger partial charge in [-0.2, -0.15) is 0 Å². The quantitative estimate of drug-likeness (QED) is 0.742. The molecule has 1 saturated heterocycles. The molecule has 0 radical (unpaired) electrons. The molecule has 4 N–H and O–H groups in total. The number of phenols is 1. The van der Waals surface area contributed by atoms with Crippen LogP contribution in [0.2, 0.25) is 0 Å².